The van der Waals surface area contributed by atoms with Crippen LogP contribution in [0.15, 0.2) is 30.3 Å². The molecule has 0 saturated carbocycles. The number of rotatable bonds is 5. The van der Waals surface area contributed by atoms with Crippen molar-refractivity contribution in [2.75, 3.05) is 26.3 Å². The molecule has 1 aromatic rings. The lowest BCUT2D eigenvalue weighted by Crippen LogP contribution is -2.49. The Morgan fingerprint density at radius 1 is 1.43 bits per heavy atom. The van der Waals surface area contributed by atoms with Gasteiger partial charge in [-0.25, -0.2) is 0 Å². The molecule has 1 aromatic carbocycles. The van der Waals surface area contributed by atoms with Gasteiger partial charge in [-0.1, -0.05) is 50.6 Å². The molecular formula is C17H25NO3. The van der Waals surface area contributed by atoms with Gasteiger partial charge in [0, 0.05) is 13.1 Å². The summed E-state index contributed by atoms with van der Waals surface area (Å²) in [5.41, 5.74) is 1.07. The summed E-state index contributed by atoms with van der Waals surface area (Å²) in [5, 5.41) is 9.24. The fraction of sp³-hybridized carbons (Fsp3) is 0.588. The van der Waals surface area contributed by atoms with Crippen molar-refractivity contribution in [1.82, 2.24) is 4.90 Å². The smallest absolute Gasteiger partial charge is 0.230 e. The van der Waals surface area contributed by atoms with Gasteiger partial charge in [-0.2, -0.15) is 0 Å². The number of hydrogen-bond donors (Lipinski definition) is 1. The number of aliphatic hydroxyl groups is 1. The lowest BCUT2D eigenvalue weighted by Gasteiger charge is -2.36. The number of morpholine rings is 1. The molecule has 1 amide bonds. The van der Waals surface area contributed by atoms with Crippen LogP contribution in [0.1, 0.15) is 31.7 Å². The van der Waals surface area contributed by atoms with E-state index in [1.54, 1.807) is 0 Å². The van der Waals surface area contributed by atoms with Crippen LogP contribution < -0.4 is 0 Å². The van der Waals surface area contributed by atoms with Gasteiger partial charge in [0.25, 0.3) is 0 Å². The van der Waals surface area contributed by atoms with Gasteiger partial charge in [-0.05, 0) is 11.5 Å². The van der Waals surface area contributed by atoms with E-state index in [-0.39, 0.29) is 30.5 Å². The molecule has 1 fully saturated rings. The highest BCUT2D eigenvalue weighted by atomic mass is 16.5. The highest BCUT2D eigenvalue weighted by Gasteiger charge is 2.32. The van der Waals surface area contributed by atoms with Crippen LogP contribution in [0, 0.1) is 5.92 Å². The summed E-state index contributed by atoms with van der Waals surface area (Å²) in [6.07, 6.45) is 0.704. The van der Waals surface area contributed by atoms with E-state index >= 15 is 0 Å². The van der Waals surface area contributed by atoms with E-state index in [0.29, 0.717) is 19.7 Å². The minimum atomic E-state index is -0.254. The van der Waals surface area contributed by atoms with E-state index in [1.807, 2.05) is 35.2 Å². The highest BCUT2D eigenvalue weighted by Crippen LogP contribution is 2.29. The molecule has 1 saturated heterocycles. The molecule has 0 aliphatic carbocycles. The van der Waals surface area contributed by atoms with Crippen LogP contribution in [-0.4, -0.2) is 48.3 Å². The molecule has 2 rings (SSSR count). The maximum atomic E-state index is 12.9. The van der Waals surface area contributed by atoms with Crippen molar-refractivity contribution < 1.29 is 14.6 Å². The molecule has 21 heavy (non-hydrogen) atoms. The minimum absolute atomic E-state index is 0.0386. The van der Waals surface area contributed by atoms with Gasteiger partial charge in [-0.15, -0.1) is 0 Å². The Hall–Kier alpha value is -1.39. The first-order valence-electron chi connectivity index (χ1n) is 7.73. The van der Waals surface area contributed by atoms with Crippen molar-refractivity contribution in [3.63, 3.8) is 0 Å². The Morgan fingerprint density at radius 2 is 2.14 bits per heavy atom. The molecule has 1 N–H and O–H groups in total. The number of benzene rings is 1. The van der Waals surface area contributed by atoms with E-state index in [9.17, 15) is 9.90 Å². The van der Waals surface area contributed by atoms with E-state index in [4.69, 9.17) is 4.74 Å². The topological polar surface area (TPSA) is 49.8 Å². The maximum Gasteiger partial charge on any atom is 0.230 e. The van der Waals surface area contributed by atoms with Gasteiger partial charge in [0.05, 0.1) is 25.2 Å². The van der Waals surface area contributed by atoms with Crippen molar-refractivity contribution in [3.05, 3.63) is 35.9 Å². The monoisotopic (exact) mass is 291 g/mol. The summed E-state index contributed by atoms with van der Waals surface area (Å²) < 4.78 is 5.44. The Labute approximate surface area is 126 Å². The Balaban J connectivity index is 2.18. The summed E-state index contributed by atoms with van der Waals surface area (Å²) in [5.74, 6) is 0.321. The van der Waals surface area contributed by atoms with Crippen LogP contribution in [0.5, 0.6) is 0 Å². The van der Waals surface area contributed by atoms with Gasteiger partial charge in [0.2, 0.25) is 5.91 Å². The largest absolute Gasteiger partial charge is 0.394 e. The Morgan fingerprint density at radius 3 is 2.76 bits per heavy atom. The van der Waals surface area contributed by atoms with Crippen LogP contribution in [0.4, 0.5) is 0 Å². The van der Waals surface area contributed by atoms with Crippen molar-refractivity contribution in [2.24, 2.45) is 5.92 Å². The van der Waals surface area contributed by atoms with Crippen LogP contribution >= 0.6 is 0 Å². The van der Waals surface area contributed by atoms with Crippen molar-refractivity contribution in [1.29, 1.82) is 0 Å². The molecule has 3 atom stereocenters. The second-order valence-electron chi connectivity index (χ2n) is 5.73. The first-order chi connectivity index (χ1) is 10.2. The standard InChI is InChI=1S/C17H25NO3/c1-3-13(2)16(14-7-5-4-6-8-14)17(20)18-9-10-21-15(11-18)12-19/h4-8,13,15-16,19H,3,9-12H2,1-2H3. The third kappa shape index (κ3) is 3.83. The molecule has 0 radical (unpaired) electrons. The van der Waals surface area contributed by atoms with Crippen molar-refractivity contribution >= 4 is 5.91 Å². The van der Waals surface area contributed by atoms with Crippen LogP contribution in [-0.2, 0) is 9.53 Å². The number of carbonyl (C=O) groups is 1. The molecule has 1 heterocycles. The van der Waals surface area contributed by atoms with Crippen LogP contribution in [0.2, 0.25) is 0 Å². The second-order valence-corrected chi connectivity index (χ2v) is 5.73. The average Bonchev–Trinajstić information content (AvgIpc) is 2.55. The number of aliphatic hydroxyl groups excluding tert-OH is 1. The predicted molar refractivity (Wildman–Crippen MR) is 82.0 cm³/mol. The number of carbonyl (C=O) groups excluding carboxylic acids is 1. The molecule has 3 unspecified atom stereocenters. The third-order valence-corrected chi connectivity index (χ3v) is 4.29. The van der Waals surface area contributed by atoms with Crippen molar-refractivity contribution in [3.8, 4) is 0 Å². The number of amides is 1. The van der Waals surface area contributed by atoms with Gasteiger partial charge in [0.1, 0.15) is 0 Å². The van der Waals surface area contributed by atoms with Crippen molar-refractivity contribution in [2.45, 2.75) is 32.3 Å². The lowest BCUT2D eigenvalue weighted by atomic mass is 9.84. The average molecular weight is 291 g/mol. The molecule has 4 nitrogen and oxygen atoms in total. The zero-order valence-corrected chi connectivity index (χ0v) is 12.9. The van der Waals surface area contributed by atoms with E-state index < -0.39 is 0 Å². The summed E-state index contributed by atoms with van der Waals surface area (Å²) in [4.78, 5) is 14.8. The zero-order valence-electron chi connectivity index (χ0n) is 12.9. The van der Waals surface area contributed by atoms with Gasteiger partial charge >= 0.3 is 0 Å². The molecule has 116 valence electrons. The van der Waals surface area contributed by atoms with Gasteiger partial charge in [-0.3, -0.25) is 4.79 Å². The summed E-state index contributed by atoms with van der Waals surface area (Å²) >= 11 is 0. The van der Waals surface area contributed by atoms with Crippen LogP contribution in [0.25, 0.3) is 0 Å². The fourth-order valence-corrected chi connectivity index (χ4v) is 2.84. The maximum absolute atomic E-state index is 12.9. The summed E-state index contributed by atoms with van der Waals surface area (Å²) in [6.45, 7) is 5.79. The lowest BCUT2D eigenvalue weighted by molar-refractivity contribution is -0.143. The fourth-order valence-electron chi connectivity index (χ4n) is 2.84. The predicted octanol–water partition coefficient (Wildman–Crippen LogP) is 2.04. The number of nitrogens with zero attached hydrogens (tertiary/aromatic N) is 1. The molecule has 0 spiro atoms. The number of hydrogen-bond acceptors (Lipinski definition) is 3. The SMILES string of the molecule is CCC(C)C(C(=O)N1CCOC(CO)C1)c1ccccc1. The quantitative estimate of drug-likeness (QED) is 0.903. The van der Waals surface area contributed by atoms with Gasteiger partial charge < -0.3 is 14.7 Å². The molecule has 4 heteroatoms. The number of ether oxygens (including phenoxy) is 1. The molecule has 0 aromatic heterocycles. The Kier molecular flexibility index (Phi) is 5.76. The van der Waals surface area contributed by atoms with E-state index in [0.717, 1.165) is 12.0 Å². The van der Waals surface area contributed by atoms with E-state index in [1.165, 1.54) is 0 Å². The minimum Gasteiger partial charge on any atom is -0.394 e. The molecule has 1 aliphatic heterocycles. The molecular weight excluding hydrogens is 266 g/mol. The first kappa shape index (κ1) is 16.0. The highest BCUT2D eigenvalue weighted by molar-refractivity contribution is 5.84. The summed E-state index contributed by atoms with van der Waals surface area (Å²) in [6, 6.07) is 9.98. The third-order valence-electron chi connectivity index (χ3n) is 4.29. The molecule has 1 aliphatic rings. The van der Waals surface area contributed by atoms with Crippen LogP contribution in [0.3, 0.4) is 0 Å². The Bertz CT molecular complexity index is 449. The van der Waals surface area contributed by atoms with E-state index in [2.05, 4.69) is 13.8 Å². The van der Waals surface area contributed by atoms with Gasteiger partial charge in [0.15, 0.2) is 0 Å². The first-order valence-corrected chi connectivity index (χ1v) is 7.73. The summed E-state index contributed by atoms with van der Waals surface area (Å²) in [7, 11) is 0. The normalized spacial score (nSPS) is 21.9. The molecule has 0 bridgehead atoms. The second kappa shape index (κ2) is 7.57. The zero-order chi connectivity index (χ0) is 15.2.